The van der Waals surface area contributed by atoms with E-state index in [-0.39, 0.29) is 29.3 Å². The van der Waals surface area contributed by atoms with E-state index in [2.05, 4.69) is 0 Å². The Morgan fingerprint density at radius 2 is 2.07 bits per heavy atom. The first-order chi connectivity index (χ1) is 7.06. The molecule has 0 N–H and O–H groups in total. The third-order valence-electron chi connectivity index (χ3n) is 4.19. The first-order valence-electron chi connectivity index (χ1n) is 6.12. The summed E-state index contributed by atoms with van der Waals surface area (Å²) in [5.41, 5.74) is -0.0389. The van der Waals surface area contributed by atoms with Crippen LogP contribution in [0.25, 0.3) is 0 Å². The molecule has 0 spiro atoms. The van der Waals surface area contributed by atoms with E-state index >= 15 is 0 Å². The molecule has 0 aromatic rings. The number of ketones is 2. The quantitative estimate of drug-likeness (QED) is 0.666. The van der Waals surface area contributed by atoms with Crippen molar-refractivity contribution in [3.05, 3.63) is 0 Å². The maximum atomic E-state index is 12.1. The molecule has 2 heteroatoms. The largest absolute Gasteiger partial charge is 0.299 e. The molecule has 0 amide bonds. The van der Waals surface area contributed by atoms with E-state index in [1.165, 1.54) is 19.3 Å². The van der Waals surface area contributed by atoms with E-state index in [1.54, 1.807) is 0 Å². The van der Waals surface area contributed by atoms with Crippen LogP contribution in [0.1, 0.15) is 52.4 Å². The fourth-order valence-corrected chi connectivity index (χ4v) is 2.92. The van der Waals surface area contributed by atoms with Gasteiger partial charge < -0.3 is 0 Å². The summed E-state index contributed by atoms with van der Waals surface area (Å²) in [4.78, 5) is 23.6. The number of hydrogen-bond acceptors (Lipinski definition) is 2. The minimum atomic E-state index is -0.0389. The van der Waals surface area contributed by atoms with Crippen LogP contribution in [0.5, 0.6) is 0 Å². The normalized spacial score (nSPS) is 33.7. The van der Waals surface area contributed by atoms with Crippen LogP contribution in [-0.4, -0.2) is 11.6 Å². The molecule has 0 heterocycles. The molecule has 2 nitrogen and oxygen atoms in total. The summed E-state index contributed by atoms with van der Waals surface area (Å²) in [5, 5.41) is 0. The second-order valence-corrected chi connectivity index (χ2v) is 5.52. The molecule has 2 fully saturated rings. The lowest BCUT2D eigenvalue weighted by Gasteiger charge is -2.20. The predicted molar refractivity (Wildman–Crippen MR) is 58.5 cm³/mol. The molecule has 0 radical (unpaired) electrons. The summed E-state index contributed by atoms with van der Waals surface area (Å²) in [6.45, 7) is 3.75. The highest BCUT2D eigenvalue weighted by Crippen LogP contribution is 2.62. The van der Waals surface area contributed by atoms with E-state index in [0.717, 1.165) is 12.8 Å². The molecule has 0 aromatic carbocycles. The number of carbonyl (C=O) groups is 2. The van der Waals surface area contributed by atoms with E-state index < -0.39 is 0 Å². The van der Waals surface area contributed by atoms with E-state index in [4.69, 9.17) is 0 Å². The van der Waals surface area contributed by atoms with Gasteiger partial charge in [0.2, 0.25) is 0 Å². The number of rotatable bonds is 4. The smallest absolute Gasteiger partial charge is 0.146 e. The van der Waals surface area contributed by atoms with Gasteiger partial charge in [-0.15, -0.1) is 0 Å². The van der Waals surface area contributed by atoms with Crippen molar-refractivity contribution < 1.29 is 9.59 Å². The van der Waals surface area contributed by atoms with Crippen molar-refractivity contribution >= 4 is 11.6 Å². The van der Waals surface area contributed by atoms with Gasteiger partial charge >= 0.3 is 0 Å². The Bertz CT molecular complexity index is 293. The Kier molecular flexibility index (Phi) is 2.70. The maximum absolute atomic E-state index is 12.1. The first-order valence-corrected chi connectivity index (χ1v) is 6.12. The van der Waals surface area contributed by atoms with Crippen molar-refractivity contribution in [2.75, 3.05) is 0 Å². The minimum Gasteiger partial charge on any atom is -0.299 e. The highest BCUT2D eigenvalue weighted by atomic mass is 16.1. The number of fused-ring (bicyclic) bond motifs is 1. The molecule has 2 saturated carbocycles. The summed E-state index contributed by atoms with van der Waals surface area (Å²) in [5.74, 6) is 0.987. The molecule has 2 aliphatic carbocycles. The summed E-state index contributed by atoms with van der Waals surface area (Å²) >= 11 is 0. The summed E-state index contributed by atoms with van der Waals surface area (Å²) in [7, 11) is 0. The summed E-state index contributed by atoms with van der Waals surface area (Å²) in [6.07, 6.45) is 5.96. The van der Waals surface area contributed by atoms with Crippen LogP contribution in [0.4, 0.5) is 0 Å². The minimum absolute atomic E-state index is 0.00569. The van der Waals surface area contributed by atoms with Gasteiger partial charge in [0.15, 0.2) is 0 Å². The zero-order valence-electron chi connectivity index (χ0n) is 9.71. The third kappa shape index (κ3) is 1.86. The molecule has 84 valence electrons. The van der Waals surface area contributed by atoms with E-state index in [1.807, 2.05) is 13.8 Å². The lowest BCUT2D eigenvalue weighted by atomic mass is 9.82. The molecular formula is C13H20O2. The van der Waals surface area contributed by atoms with Crippen molar-refractivity contribution in [2.24, 2.45) is 17.3 Å². The number of Topliss-reactive ketones (excluding diaryl/α,β-unsaturated/α-hetero) is 2. The Morgan fingerprint density at radius 3 is 2.67 bits per heavy atom. The van der Waals surface area contributed by atoms with E-state index in [9.17, 15) is 9.59 Å². The highest BCUT2D eigenvalue weighted by molar-refractivity contribution is 6.03. The van der Waals surface area contributed by atoms with Crippen LogP contribution in [0, 0.1) is 17.3 Å². The first kappa shape index (κ1) is 10.8. The lowest BCUT2D eigenvalue weighted by Crippen LogP contribution is -2.25. The molecule has 0 aliphatic heterocycles. The fourth-order valence-electron chi connectivity index (χ4n) is 2.92. The van der Waals surface area contributed by atoms with Crippen LogP contribution in [-0.2, 0) is 9.59 Å². The van der Waals surface area contributed by atoms with Gasteiger partial charge in [0.1, 0.15) is 11.6 Å². The average Bonchev–Trinajstić information content (AvgIpc) is 2.92. The van der Waals surface area contributed by atoms with Gasteiger partial charge in [-0.05, 0) is 25.2 Å². The van der Waals surface area contributed by atoms with Gasteiger partial charge in [0, 0.05) is 11.3 Å². The molecule has 2 aliphatic rings. The Balaban J connectivity index is 1.94. The Hall–Kier alpha value is -0.660. The molecule has 0 saturated heterocycles. The fraction of sp³-hybridized carbons (Fsp3) is 0.846. The van der Waals surface area contributed by atoms with Crippen LogP contribution in [0.15, 0.2) is 0 Å². The molecule has 0 aromatic heterocycles. The van der Waals surface area contributed by atoms with Gasteiger partial charge in [-0.1, -0.05) is 26.7 Å². The molecule has 2 atom stereocenters. The molecule has 15 heavy (non-hydrogen) atoms. The van der Waals surface area contributed by atoms with Crippen LogP contribution in [0.2, 0.25) is 0 Å². The van der Waals surface area contributed by atoms with Gasteiger partial charge in [-0.3, -0.25) is 9.59 Å². The monoisotopic (exact) mass is 208 g/mol. The third-order valence-corrected chi connectivity index (χ3v) is 4.19. The molecule has 0 bridgehead atoms. The molecular weight excluding hydrogens is 188 g/mol. The van der Waals surface area contributed by atoms with Crippen LogP contribution >= 0.6 is 0 Å². The lowest BCUT2D eigenvalue weighted by molar-refractivity contribution is -0.132. The second kappa shape index (κ2) is 3.73. The van der Waals surface area contributed by atoms with Crippen molar-refractivity contribution in [3.8, 4) is 0 Å². The van der Waals surface area contributed by atoms with Crippen molar-refractivity contribution in [3.63, 3.8) is 0 Å². The molecule has 2 unspecified atom stereocenters. The topological polar surface area (TPSA) is 34.1 Å². The van der Waals surface area contributed by atoms with Crippen LogP contribution in [0.3, 0.4) is 0 Å². The standard InChI is InChI=1S/C13H20O2/c1-9(2)11(14)7-12(15)13-6-4-3-5-10(13)8-13/h9-10H,3-8H2,1-2H3. The number of carbonyl (C=O) groups excluding carboxylic acids is 2. The average molecular weight is 208 g/mol. The summed E-state index contributed by atoms with van der Waals surface area (Å²) < 4.78 is 0. The Labute approximate surface area is 91.4 Å². The maximum Gasteiger partial charge on any atom is 0.146 e. The van der Waals surface area contributed by atoms with Gasteiger partial charge in [0.05, 0.1) is 6.42 Å². The zero-order valence-corrected chi connectivity index (χ0v) is 9.71. The van der Waals surface area contributed by atoms with Crippen molar-refractivity contribution in [1.29, 1.82) is 0 Å². The van der Waals surface area contributed by atoms with Gasteiger partial charge in [0.25, 0.3) is 0 Å². The zero-order chi connectivity index (χ0) is 11.1. The number of hydrogen-bond donors (Lipinski definition) is 0. The molecule has 2 rings (SSSR count). The predicted octanol–water partition coefficient (Wildman–Crippen LogP) is 2.75. The van der Waals surface area contributed by atoms with Gasteiger partial charge in [-0.25, -0.2) is 0 Å². The second-order valence-electron chi connectivity index (χ2n) is 5.52. The van der Waals surface area contributed by atoms with Crippen molar-refractivity contribution in [1.82, 2.24) is 0 Å². The Morgan fingerprint density at radius 1 is 1.33 bits per heavy atom. The van der Waals surface area contributed by atoms with Crippen LogP contribution < -0.4 is 0 Å². The SMILES string of the molecule is CC(C)C(=O)CC(=O)C12CCCCC1C2. The highest BCUT2D eigenvalue weighted by Gasteiger charge is 2.59. The van der Waals surface area contributed by atoms with E-state index in [0.29, 0.717) is 5.92 Å². The van der Waals surface area contributed by atoms with Gasteiger partial charge in [-0.2, -0.15) is 0 Å². The summed E-state index contributed by atoms with van der Waals surface area (Å²) in [6, 6.07) is 0. The van der Waals surface area contributed by atoms with Crippen molar-refractivity contribution in [2.45, 2.75) is 52.4 Å².